The number of hydrogen-bond donors (Lipinski definition) is 1. The third-order valence-electron chi connectivity index (χ3n) is 6.67. The highest BCUT2D eigenvalue weighted by Crippen LogP contribution is 2.49. The minimum absolute atomic E-state index is 0.0758. The van der Waals surface area contributed by atoms with Gasteiger partial charge in [-0.3, -0.25) is 0 Å². The van der Waals surface area contributed by atoms with E-state index in [-0.39, 0.29) is 39.4 Å². The molecule has 1 atom stereocenters. The first-order chi connectivity index (χ1) is 15.1. The molecule has 1 aliphatic heterocycles. The number of pyridine rings is 1. The maximum Gasteiger partial charge on any atom is 0.344 e. The van der Waals surface area contributed by atoms with Crippen LogP contribution in [0, 0.1) is 21.8 Å². The van der Waals surface area contributed by atoms with Crippen molar-refractivity contribution < 1.29 is 23.8 Å². The van der Waals surface area contributed by atoms with Gasteiger partial charge in [0.1, 0.15) is 21.6 Å². The molecule has 0 bridgehead atoms. The molecule has 32 heavy (non-hydrogen) atoms. The van der Waals surface area contributed by atoms with Crippen molar-refractivity contribution in [1.29, 1.82) is 0 Å². The molecule has 1 saturated heterocycles. The normalized spacial score (nSPS) is 18.9. The third kappa shape index (κ3) is 3.72. The molecule has 1 saturated carbocycles. The van der Waals surface area contributed by atoms with E-state index in [1.165, 1.54) is 13.2 Å². The molecular formula is C24H31FN2O4S. The quantitative estimate of drug-likeness (QED) is 0.460. The van der Waals surface area contributed by atoms with E-state index in [9.17, 15) is 9.90 Å². The molecule has 0 amide bonds. The largest absolute Gasteiger partial charge is 0.506 e. The summed E-state index contributed by atoms with van der Waals surface area (Å²) in [5.74, 6) is -0.792. The average molecular weight is 463 g/mol. The number of nitrogens with zero attached hydrogens (tertiary/aromatic N) is 2. The monoisotopic (exact) mass is 462 g/mol. The summed E-state index contributed by atoms with van der Waals surface area (Å²) in [7, 11) is 1.51. The van der Waals surface area contributed by atoms with E-state index in [2.05, 4.69) is 20.8 Å². The molecule has 1 aromatic heterocycles. The van der Waals surface area contributed by atoms with E-state index in [0.717, 1.165) is 32.4 Å². The number of halogens is 1. The third-order valence-corrected chi connectivity index (χ3v) is 7.07. The molecule has 174 valence electrons. The zero-order valence-electron chi connectivity index (χ0n) is 19.3. The summed E-state index contributed by atoms with van der Waals surface area (Å²) in [6, 6.07) is 1.37. The smallest absolute Gasteiger partial charge is 0.344 e. The molecule has 4 rings (SSSR count). The van der Waals surface area contributed by atoms with Crippen molar-refractivity contribution in [3.8, 4) is 11.5 Å². The lowest BCUT2D eigenvalue weighted by Crippen LogP contribution is -2.27. The molecule has 1 N–H and O–H groups in total. The fourth-order valence-electron chi connectivity index (χ4n) is 4.71. The molecule has 0 spiro atoms. The topological polar surface area (TPSA) is 63.9 Å². The number of carbonyl (C=O) groups is 1. The Kier molecular flexibility index (Phi) is 5.86. The number of benzene rings is 1. The standard InChI is InChI=1S/C24H31FN2O4S/c1-6-31-23(29)17-20(28)15-11-16(25)19(26-10-9-13(12-26)24(2,3)4)21(30-5)18(15)27(22(17)32)14-7-8-14/h11,13-14,28H,6-10,12H2,1-5H3/t13-/m1/s1. The molecule has 8 heteroatoms. The number of esters is 1. The van der Waals surface area contributed by atoms with Crippen molar-refractivity contribution >= 4 is 34.8 Å². The van der Waals surface area contributed by atoms with Gasteiger partial charge in [0.05, 0.1) is 19.2 Å². The predicted molar refractivity (Wildman–Crippen MR) is 125 cm³/mol. The van der Waals surface area contributed by atoms with Crippen molar-refractivity contribution in [2.45, 2.75) is 53.0 Å². The Balaban J connectivity index is 1.98. The van der Waals surface area contributed by atoms with E-state index in [1.54, 1.807) is 6.92 Å². The van der Waals surface area contributed by atoms with Crippen molar-refractivity contribution in [2.24, 2.45) is 11.3 Å². The van der Waals surface area contributed by atoms with Crippen LogP contribution in [0.5, 0.6) is 11.5 Å². The van der Waals surface area contributed by atoms with Crippen LogP contribution in [-0.4, -0.2) is 42.4 Å². The second-order valence-corrected chi connectivity index (χ2v) is 10.2. The van der Waals surface area contributed by atoms with E-state index < -0.39 is 11.8 Å². The summed E-state index contributed by atoms with van der Waals surface area (Å²) < 4.78 is 28.5. The van der Waals surface area contributed by atoms with Crippen LogP contribution in [0.25, 0.3) is 10.9 Å². The summed E-state index contributed by atoms with van der Waals surface area (Å²) in [5.41, 5.74) is 0.938. The van der Waals surface area contributed by atoms with Gasteiger partial charge in [-0.15, -0.1) is 0 Å². The maximum absolute atomic E-state index is 15.6. The molecule has 1 aromatic carbocycles. The van der Waals surface area contributed by atoms with Gasteiger partial charge in [0, 0.05) is 24.5 Å². The van der Waals surface area contributed by atoms with E-state index in [4.69, 9.17) is 21.7 Å². The number of aromatic nitrogens is 1. The Hall–Kier alpha value is -2.35. The van der Waals surface area contributed by atoms with Gasteiger partial charge in [-0.1, -0.05) is 33.0 Å². The number of ether oxygens (including phenoxy) is 2. The summed E-state index contributed by atoms with van der Waals surface area (Å²) in [4.78, 5) is 14.6. The Morgan fingerprint density at radius 1 is 1.31 bits per heavy atom. The molecule has 2 aromatic rings. The van der Waals surface area contributed by atoms with Gasteiger partial charge in [-0.05, 0) is 43.6 Å². The number of rotatable bonds is 5. The molecule has 2 heterocycles. The van der Waals surface area contributed by atoms with Gasteiger partial charge in [0.2, 0.25) is 0 Å². The van der Waals surface area contributed by atoms with Crippen LogP contribution >= 0.6 is 12.2 Å². The average Bonchev–Trinajstić information content (AvgIpc) is 3.42. The maximum atomic E-state index is 15.6. The van der Waals surface area contributed by atoms with Gasteiger partial charge >= 0.3 is 5.97 Å². The van der Waals surface area contributed by atoms with Crippen molar-refractivity contribution in [3.63, 3.8) is 0 Å². The van der Waals surface area contributed by atoms with Gasteiger partial charge < -0.3 is 24.0 Å². The highest BCUT2D eigenvalue weighted by Gasteiger charge is 2.37. The first kappa shape index (κ1) is 22.8. The van der Waals surface area contributed by atoms with Gasteiger partial charge in [0.25, 0.3) is 0 Å². The zero-order chi connectivity index (χ0) is 23.4. The fraction of sp³-hybridized carbons (Fsp3) is 0.583. The number of methoxy groups -OCH3 is 1. The summed E-state index contributed by atoms with van der Waals surface area (Å²) in [6.45, 7) is 9.88. The second kappa shape index (κ2) is 8.21. The summed E-state index contributed by atoms with van der Waals surface area (Å²) in [6.07, 6.45) is 2.75. The summed E-state index contributed by atoms with van der Waals surface area (Å²) >= 11 is 5.64. The van der Waals surface area contributed by atoms with Crippen LogP contribution in [0.15, 0.2) is 6.07 Å². The minimum atomic E-state index is -0.706. The lowest BCUT2D eigenvalue weighted by Gasteiger charge is -2.29. The zero-order valence-corrected chi connectivity index (χ0v) is 20.1. The number of fused-ring (bicyclic) bond motifs is 1. The lowest BCUT2D eigenvalue weighted by molar-refractivity contribution is 0.0521. The molecule has 1 aliphatic carbocycles. The highest BCUT2D eigenvalue weighted by molar-refractivity contribution is 7.71. The number of hydrogen-bond acceptors (Lipinski definition) is 6. The van der Waals surface area contributed by atoms with Gasteiger partial charge in [0.15, 0.2) is 11.6 Å². The van der Waals surface area contributed by atoms with Crippen molar-refractivity contribution in [1.82, 2.24) is 4.57 Å². The Morgan fingerprint density at radius 3 is 2.53 bits per heavy atom. The number of carbonyl (C=O) groups excluding carboxylic acids is 1. The SMILES string of the molecule is CCOC(=O)c1c(O)c2cc(F)c(N3CC[C@@H](C(C)(C)C)C3)c(OC)c2n(C2CC2)c1=S. The van der Waals surface area contributed by atoms with Crippen molar-refractivity contribution in [3.05, 3.63) is 22.1 Å². The second-order valence-electron chi connectivity index (χ2n) is 9.78. The van der Waals surface area contributed by atoms with Gasteiger partial charge in [-0.2, -0.15) is 0 Å². The van der Waals surface area contributed by atoms with Gasteiger partial charge in [-0.25, -0.2) is 9.18 Å². The summed E-state index contributed by atoms with van der Waals surface area (Å²) in [5, 5.41) is 11.2. The molecule has 0 radical (unpaired) electrons. The Labute approximate surface area is 192 Å². The van der Waals surface area contributed by atoms with E-state index in [1.807, 2.05) is 9.47 Å². The van der Waals surface area contributed by atoms with Crippen LogP contribution in [0.2, 0.25) is 0 Å². The Bertz CT molecular complexity index is 1130. The van der Waals surface area contributed by atoms with E-state index >= 15 is 4.39 Å². The van der Waals surface area contributed by atoms with Crippen LogP contribution < -0.4 is 9.64 Å². The first-order valence-electron chi connectivity index (χ1n) is 11.2. The van der Waals surface area contributed by atoms with E-state index in [0.29, 0.717) is 22.9 Å². The molecule has 6 nitrogen and oxygen atoms in total. The minimum Gasteiger partial charge on any atom is -0.506 e. The fourth-order valence-corrected chi connectivity index (χ4v) is 5.13. The highest BCUT2D eigenvalue weighted by atomic mass is 32.1. The number of anilines is 1. The van der Waals surface area contributed by atoms with Crippen LogP contribution in [0.3, 0.4) is 0 Å². The Morgan fingerprint density at radius 2 is 2.00 bits per heavy atom. The molecule has 0 unspecified atom stereocenters. The predicted octanol–water partition coefficient (Wildman–Crippen LogP) is 5.61. The van der Waals surface area contributed by atoms with Crippen LogP contribution in [-0.2, 0) is 4.74 Å². The van der Waals surface area contributed by atoms with Crippen molar-refractivity contribution in [2.75, 3.05) is 31.7 Å². The van der Waals surface area contributed by atoms with Crippen LogP contribution in [0.1, 0.15) is 63.4 Å². The molecule has 2 aliphatic rings. The number of aromatic hydroxyl groups is 1. The molecule has 2 fully saturated rings. The first-order valence-corrected chi connectivity index (χ1v) is 11.6. The lowest BCUT2D eigenvalue weighted by atomic mass is 9.80. The molecular weight excluding hydrogens is 431 g/mol. The van der Waals surface area contributed by atoms with Crippen LogP contribution in [0.4, 0.5) is 10.1 Å².